The number of nitrogens with zero attached hydrogens (tertiary/aromatic N) is 1. The van der Waals surface area contributed by atoms with E-state index in [9.17, 15) is 14.7 Å². The summed E-state index contributed by atoms with van der Waals surface area (Å²) < 4.78 is 5.00. The van der Waals surface area contributed by atoms with Gasteiger partial charge in [-0.3, -0.25) is 4.79 Å². The molecular weight excluding hydrogens is 260 g/mol. The third kappa shape index (κ3) is 2.92. The molecule has 1 aromatic carbocycles. The Morgan fingerprint density at radius 2 is 2.00 bits per heavy atom. The summed E-state index contributed by atoms with van der Waals surface area (Å²) in [4.78, 5) is 22.6. The van der Waals surface area contributed by atoms with Crippen molar-refractivity contribution < 1.29 is 19.1 Å². The highest BCUT2D eigenvalue weighted by Crippen LogP contribution is 2.08. The molecule has 102 valence electrons. The van der Waals surface area contributed by atoms with Gasteiger partial charge in [-0.2, -0.15) is 5.10 Å². The minimum Gasteiger partial charge on any atom is -0.545 e. The molecule has 0 unspecified atom stereocenters. The number of hydrogen-bond acceptors (Lipinski definition) is 5. The van der Waals surface area contributed by atoms with Gasteiger partial charge in [0.25, 0.3) is 5.91 Å². The molecule has 6 nitrogen and oxygen atoms in total. The molecule has 0 saturated heterocycles. The van der Waals surface area contributed by atoms with Crippen LogP contribution in [0.3, 0.4) is 0 Å². The van der Waals surface area contributed by atoms with Crippen molar-refractivity contribution in [2.75, 3.05) is 0 Å². The number of carboxylic acids is 1. The van der Waals surface area contributed by atoms with Gasteiger partial charge in [0, 0.05) is 11.1 Å². The summed E-state index contributed by atoms with van der Waals surface area (Å²) in [6.07, 6.45) is 2.65. The van der Waals surface area contributed by atoms with Crippen molar-refractivity contribution in [1.82, 2.24) is 5.43 Å². The second-order valence-corrected chi connectivity index (χ2v) is 3.96. The average molecular weight is 271 g/mol. The summed E-state index contributed by atoms with van der Waals surface area (Å²) in [6, 6.07) is 7.73. The SMILES string of the molecule is Cc1occc1C(=O)NN=Cc1ccccc1C(=O)[O-]. The van der Waals surface area contributed by atoms with Gasteiger partial charge in [0.15, 0.2) is 0 Å². The van der Waals surface area contributed by atoms with E-state index in [4.69, 9.17) is 4.42 Å². The van der Waals surface area contributed by atoms with Crippen LogP contribution >= 0.6 is 0 Å². The number of benzene rings is 1. The fourth-order valence-corrected chi connectivity index (χ4v) is 1.64. The Balaban J connectivity index is 2.10. The maximum absolute atomic E-state index is 11.7. The second kappa shape index (κ2) is 5.83. The van der Waals surface area contributed by atoms with Crippen molar-refractivity contribution in [3.63, 3.8) is 0 Å². The maximum Gasteiger partial charge on any atom is 0.274 e. The van der Waals surface area contributed by atoms with Crippen molar-refractivity contribution >= 4 is 18.1 Å². The highest BCUT2D eigenvalue weighted by molar-refractivity contribution is 5.99. The van der Waals surface area contributed by atoms with E-state index in [1.165, 1.54) is 24.6 Å². The topological polar surface area (TPSA) is 94.7 Å². The van der Waals surface area contributed by atoms with Crippen LogP contribution in [0.2, 0.25) is 0 Å². The molecule has 20 heavy (non-hydrogen) atoms. The molecule has 1 heterocycles. The number of furan rings is 1. The minimum atomic E-state index is -1.30. The lowest BCUT2D eigenvalue weighted by molar-refractivity contribution is -0.255. The average Bonchev–Trinajstić information content (AvgIpc) is 2.85. The first-order valence-electron chi connectivity index (χ1n) is 5.77. The van der Waals surface area contributed by atoms with Gasteiger partial charge in [-0.15, -0.1) is 0 Å². The Morgan fingerprint density at radius 3 is 2.65 bits per heavy atom. The summed E-state index contributed by atoms with van der Waals surface area (Å²) in [7, 11) is 0. The number of carbonyl (C=O) groups excluding carboxylic acids is 2. The summed E-state index contributed by atoms with van der Waals surface area (Å²) in [6.45, 7) is 1.66. The zero-order chi connectivity index (χ0) is 14.5. The summed E-state index contributed by atoms with van der Waals surface area (Å²) >= 11 is 0. The van der Waals surface area contributed by atoms with Crippen LogP contribution in [-0.4, -0.2) is 18.1 Å². The van der Waals surface area contributed by atoms with E-state index in [1.807, 2.05) is 0 Å². The molecule has 0 bridgehead atoms. The number of amides is 1. The number of aromatic carboxylic acids is 1. The number of aryl methyl sites for hydroxylation is 1. The molecule has 0 aliphatic rings. The highest BCUT2D eigenvalue weighted by atomic mass is 16.4. The molecular formula is C14H11N2O4-. The van der Waals surface area contributed by atoms with Gasteiger partial charge in [-0.1, -0.05) is 24.3 Å². The van der Waals surface area contributed by atoms with E-state index in [0.29, 0.717) is 16.9 Å². The lowest BCUT2D eigenvalue weighted by Gasteiger charge is -2.05. The van der Waals surface area contributed by atoms with Gasteiger partial charge < -0.3 is 14.3 Å². The Hall–Kier alpha value is -2.89. The number of hydrazone groups is 1. The highest BCUT2D eigenvalue weighted by Gasteiger charge is 2.09. The van der Waals surface area contributed by atoms with Crippen LogP contribution in [0.1, 0.15) is 32.0 Å². The molecule has 0 atom stereocenters. The zero-order valence-corrected chi connectivity index (χ0v) is 10.6. The number of carboxylic acid groups (broad SMARTS) is 1. The van der Waals surface area contributed by atoms with Crippen molar-refractivity contribution in [3.8, 4) is 0 Å². The monoisotopic (exact) mass is 271 g/mol. The molecule has 1 aromatic heterocycles. The predicted octanol–water partition coefficient (Wildman–Crippen LogP) is 0.715. The van der Waals surface area contributed by atoms with Crippen molar-refractivity contribution in [3.05, 3.63) is 59.0 Å². The van der Waals surface area contributed by atoms with Gasteiger partial charge in [-0.05, 0) is 13.0 Å². The summed E-state index contributed by atoms with van der Waals surface area (Å²) in [5, 5.41) is 14.6. The third-order valence-corrected chi connectivity index (χ3v) is 2.65. The Bertz CT molecular complexity index is 673. The fourth-order valence-electron chi connectivity index (χ4n) is 1.64. The summed E-state index contributed by atoms with van der Waals surface area (Å²) in [5.74, 6) is -1.25. The number of nitrogens with one attached hydrogen (secondary N) is 1. The standard InChI is InChI=1S/C14H12N2O4/c1-9-11(6-7-20-9)13(17)16-15-8-10-4-2-3-5-12(10)14(18)19/h2-8H,1H3,(H,16,17)(H,18,19)/p-1. The van der Waals surface area contributed by atoms with E-state index in [1.54, 1.807) is 25.1 Å². The summed E-state index contributed by atoms with van der Waals surface area (Å²) in [5.41, 5.74) is 3.02. The molecule has 0 saturated carbocycles. The molecule has 1 amide bonds. The van der Waals surface area contributed by atoms with Gasteiger partial charge >= 0.3 is 0 Å². The molecule has 2 aromatic rings. The van der Waals surface area contributed by atoms with Crippen LogP contribution in [0.25, 0.3) is 0 Å². The van der Waals surface area contributed by atoms with E-state index < -0.39 is 11.9 Å². The van der Waals surface area contributed by atoms with E-state index in [0.717, 1.165) is 0 Å². The van der Waals surface area contributed by atoms with Crippen molar-refractivity contribution in [1.29, 1.82) is 0 Å². The smallest absolute Gasteiger partial charge is 0.274 e. The van der Waals surface area contributed by atoms with Crippen LogP contribution in [-0.2, 0) is 0 Å². The first-order valence-corrected chi connectivity index (χ1v) is 5.77. The van der Waals surface area contributed by atoms with Crippen molar-refractivity contribution in [2.24, 2.45) is 5.10 Å². The molecule has 0 aliphatic carbocycles. The third-order valence-electron chi connectivity index (χ3n) is 2.65. The van der Waals surface area contributed by atoms with Gasteiger partial charge in [-0.25, -0.2) is 5.43 Å². The molecule has 0 spiro atoms. The zero-order valence-electron chi connectivity index (χ0n) is 10.6. The Morgan fingerprint density at radius 1 is 1.25 bits per heavy atom. The quantitative estimate of drug-likeness (QED) is 0.654. The van der Waals surface area contributed by atoms with Gasteiger partial charge in [0.1, 0.15) is 5.76 Å². The Kier molecular flexibility index (Phi) is 3.95. The van der Waals surface area contributed by atoms with Gasteiger partial charge in [0.05, 0.1) is 24.0 Å². The maximum atomic E-state index is 11.7. The van der Waals surface area contributed by atoms with Crippen LogP contribution in [0.15, 0.2) is 46.1 Å². The van der Waals surface area contributed by atoms with Gasteiger partial charge in [0.2, 0.25) is 0 Å². The predicted molar refractivity (Wildman–Crippen MR) is 69.3 cm³/mol. The number of hydrogen-bond donors (Lipinski definition) is 1. The minimum absolute atomic E-state index is 0.00462. The largest absolute Gasteiger partial charge is 0.545 e. The molecule has 0 radical (unpaired) electrons. The van der Waals surface area contributed by atoms with Crippen LogP contribution in [0.4, 0.5) is 0 Å². The molecule has 0 fully saturated rings. The molecule has 2 rings (SSSR count). The molecule has 1 N–H and O–H groups in total. The fraction of sp³-hybridized carbons (Fsp3) is 0.0714. The van der Waals surface area contributed by atoms with Crippen molar-refractivity contribution in [2.45, 2.75) is 6.92 Å². The van der Waals surface area contributed by atoms with E-state index in [-0.39, 0.29) is 5.56 Å². The first kappa shape index (κ1) is 13.5. The number of carbonyl (C=O) groups is 2. The van der Waals surface area contributed by atoms with E-state index in [2.05, 4.69) is 10.5 Å². The van der Waals surface area contributed by atoms with Crippen LogP contribution < -0.4 is 10.5 Å². The Labute approximate surface area is 114 Å². The molecule has 0 aliphatic heterocycles. The second-order valence-electron chi connectivity index (χ2n) is 3.96. The molecule has 6 heteroatoms. The lowest BCUT2D eigenvalue weighted by atomic mass is 10.1. The normalized spacial score (nSPS) is 10.7. The van der Waals surface area contributed by atoms with Crippen LogP contribution in [0.5, 0.6) is 0 Å². The first-order chi connectivity index (χ1) is 9.59. The van der Waals surface area contributed by atoms with E-state index >= 15 is 0 Å². The lowest BCUT2D eigenvalue weighted by Crippen LogP contribution is -2.24. The van der Waals surface area contributed by atoms with Crippen LogP contribution in [0, 0.1) is 6.92 Å². The number of rotatable bonds is 4.